The molecule has 0 rings (SSSR count). The molecule has 1 atom stereocenters. The zero-order chi connectivity index (χ0) is 19.5. The molecule has 0 aromatic rings. The fraction of sp³-hybridized carbons (Fsp3) is 0.818. The smallest absolute Gasteiger partial charge is 0.331 e. The van der Waals surface area contributed by atoms with Crippen molar-refractivity contribution in [2.75, 3.05) is 6.61 Å². The number of rotatable bonds is 17. The van der Waals surface area contributed by atoms with Gasteiger partial charge in [0.2, 0.25) is 0 Å². The van der Waals surface area contributed by atoms with Crippen LogP contribution in [0.2, 0.25) is 0 Å². The summed E-state index contributed by atoms with van der Waals surface area (Å²) in [4.78, 5) is 22.9. The van der Waals surface area contributed by atoms with Crippen LogP contribution in [0.3, 0.4) is 0 Å². The van der Waals surface area contributed by atoms with Crippen LogP contribution < -0.4 is 0 Å². The maximum absolute atomic E-state index is 11.5. The first-order valence-corrected chi connectivity index (χ1v) is 10.7. The number of ether oxygens (including phenoxy) is 2. The van der Waals surface area contributed by atoms with Crippen LogP contribution in [0, 0.1) is 0 Å². The lowest BCUT2D eigenvalue weighted by atomic mass is 10.1. The number of carbonyl (C=O) groups is 2. The SMILES string of the molecule is CCCCCCCCCCCCCCOC(=O)/C=C/C(=O)OC(C)CC. The topological polar surface area (TPSA) is 52.6 Å². The number of carbonyl (C=O) groups excluding carboxylic acids is 2. The van der Waals surface area contributed by atoms with Crippen LogP contribution in [-0.4, -0.2) is 24.6 Å². The Kier molecular flexibility index (Phi) is 17.5. The Morgan fingerprint density at radius 2 is 1.19 bits per heavy atom. The van der Waals surface area contributed by atoms with Gasteiger partial charge in [0, 0.05) is 12.2 Å². The van der Waals surface area contributed by atoms with Crippen molar-refractivity contribution in [3.63, 3.8) is 0 Å². The van der Waals surface area contributed by atoms with Crippen molar-refractivity contribution in [3.05, 3.63) is 12.2 Å². The summed E-state index contributed by atoms with van der Waals surface area (Å²) in [5.74, 6) is -0.976. The van der Waals surface area contributed by atoms with Crippen LogP contribution in [0.25, 0.3) is 0 Å². The molecule has 0 heterocycles. The zero-order valence-corrected chi connectivity index (χ0v) is 17.3. The van der Waals surface area contributed by atoms with E-state index in [0.29, 0.717) is 6.61 Å². The molecule has 152 valence electrons. The predicted octanol–water partition coefficient (Wildman–Crippen LogP) is 6.13. The van der Waals surface area contributed by atoms with E-state index in [1.165, 1.54) is 64.2 Å². The third-order valence-corrected chi connectivity index (χ3v) is 4.49. The van der Waals surface area contributed by atoms with Crippen molar-refractivity contribution >= 4 is 11.9 Å². The summed E-state index contributed by atoms with van der Waals surface area (Å²) in [6.07, 6.45) is 18.2. The molecule has 0 aliphatic heterocycles. The van der Waals surface area contributed by atoms with E-state index in [9.17, 15) is 9.59 Å². The molecule has 0 aromatic heterocycles. The van der Waals surface area contributed by atoms with Crippen LogP contribution in [-0.2, 0) is 19.1 Å². The normalized spacial score (nSPS) is 12.3. The zero-order valence-electron chi connectivity index (χ0n) is 17.3. The number of esters is 2. The summed E-state index contributed by atoms with van der Waals surface area (Å²) in [5, 5.41) is 0. The molecule has 0 aliphatic carbocycles. The van der Waals surface area contributed by atoms with Gasteiger partial charge in [-0.1, -0.05) is 84.5 Å². The maximum atomic E-state index is 11.5. The average Bonchev–Trinajstić information content (AvgIpc) is 2.63. The first-order chi connectivity index (χ1) is 12.6. The molecular formula is C22H40O4. The lowest BCUT2D eigenvalue weighted by molar-refractivity contribution is -0.143. The summed E-state index contributed by atoms with van der Waals surface area (Å²) < 4.78 is 10.1. The number of hydrogen-bond acceptors (Lipinski definition) is 4. The Morgan fingerprint density at radius 3 is 1.69 bits per heavy atom. The summed E-state index contributed by atoms with van der Waals surface area (Å²) in [5.41, 5.74) is 0. The van der Waals surface area contributed by atoms with Crippen molar-refractivity contribution in [1.82, 2.24) is 0 Å². The average molecular weight is 369 g/mol. The van der Waals surface area contributed by atoms with Gasteiger partial charge in [-0.25, -0.2) is 9.59 Å². The van der Waals surface area contributed by atoms with Gasteiger partial charge in [0.15, 0.2) is 0 Å². The minimum absolute atomic E-state index is 0.135. The molecular weight excluding hydrogens is 328 g/mol. The van der Waals surface area contributed by atoms with E-state index in [4.69, 9.17) is 9.47 Å². The highest BCUT2D eigenvalue weighted by molar-refractivity contribution is 5.91. The summed E-state index contributed by atoms with van der Waals surface area (Å²) in [6.45, 7) is 6.42. The molecule has 4 heteroatoms. The van der Waals surface area contributed by atoms with Gasteiger partial charge in [0.25, 0.3) is 0 Å². The molecule has 0 radical (unpaired) electrons. The van der Waals surface area contributed by atoms with Crippen molar-refractivity contribution in [3.8, 4) is 0 Å². The lowest BCUT2D eigenvalue weighted by Gasteiger charge is -2.07. The first-order valence-electron chi connectivity index (χ1n) is 10.7. The molecule has 0 aliphatic rings. The second kappa shape index (κ2) is 18.5. The van der Waals surface area contributed by atoms with Gasteiger partial charge in [0.1, 0.15) is 0 Å². The van der Waals surface area contributed by atoms with E-state index < -0.39 is 11.9 Å². The molecule has 0 saturated heterocycles. The Morgan fingerprint density at radius 1 is 0.731 bits per heavy atom. The highest BCUT2D eigenvalue weighted by atomic mass is 16.5. The number of hydrogen-bond donors (Lipinski definition) is 0. The van der Waals surface area contributed by atoms with E-state index in [1.807, 2.05) is 13.8 Å². The highest BCUT2D eigenvalue weighted by Gasteiger charge is 2.05. The Balaban J connectivity index is 3.39. The maximum Gasteiger partial charge on any atom is 0.331 e. The molecule has 0 amide bonds. The van der Waals surface area contributed by atoms with Crippen molar-refractivity contribution in [1.29, 1.82) is 0 Å². The largest absolute Gasteiger partial charge is 0.463 e. The van der Waals surface area contributed by atoms with Crippen molar-refractivity contribution in [2.24, 2.45) is 0 Å². The summed E-state index contributed by atoms with van der Waals surface area (Å²) in [7, 11) is 0. The van der Waals surface area contributed by atoms with Gasteiger partial charge in [-0.2, -0.15) is 0 Å². The molecule has 0 saturated carbocycles. The summed E-state index contributed by atoms with van der Waals surface area (Å²) >= 11 is 0. The van der Waals surface area contributed by atoms with Gasteiger partial charge in [-0.05, 0) is 19.8 Å². The highest BCUT2D eigenvalue weighted by Crippen LogP contribution is 2.11. The van der Waals surface area contributed by atoms with Crippen LogP contribution in [0.5, 0.6) is 0 Å². The minimum atomic E-state index is -0.498. The Labute approximate surface area is 160 Å². The molecule has 26 heavy (non-hydrogen) atoms. The molecule has 0 spiro atoms. The summed E-state index contributed by atoms with van der Waals surface area (Å²) in [6, 6.07) is 0. The standard InChI is InChI=1S/C22H40O4/c1-4-6-7-8-9-10-11-12-13-14-15-16-19-25-21(23)17-18-22(24)26-20(3)5-2/h17-18,20H,4-16,19H2,1-3H3/b18-17+. The van der Waals surface area contributed by atoms with Crippen molar-refractivity contribution in [2.45, 2.75) is 110 Å². The fourth-order valence-electron chi connectivity index (χ4n) is 2.62. The van der Waals surface area contributed by atoms with Gasteiger partial charge in [0.05, 0.1) is 12.7 Å². The van der Waals surface area contributed by atoms with Gasteiger partial charge >= 0.3 is 11.9 Å². The third kappa shape index (κ3) is 17.5. The van der Waals surface area contributed by atoms with Gasteiger partial charge < -0.3 is 9.47 Å². The van der Waals surface area contributed by atoms with Gasteiger partial charge in [-0.3, -0.25) is 0 Å². The van der Waals surface area contributed by atoms with Crippen LogP contribution in [0.4, 0.5) is 0 Å². The second-order valence-corrected chi connectivity index (χ2v) is 7.05. The van der Waals surface area contributed by atoms with Crippen LogP contribution in [0.15, 0.2) is 12.2 Å². The predicted molar refractivity (Wildman–Crippen MR) is 107 cm³/mol. The van der Waals surface area contributed by atoms with E-state index in [0.717, 1.165) is 31.4 Å². The molecule has 0 fully saturated rings. The van der Waals surface area contributed by atoms with E-state index in [-0.39, 0.29) is 6.10 Å². The third-order valence-electron chi connectivity index (χ3n) is 4.49. The Hall–Kier alpha value is -1.32. The van der Waals surface area contributed by atoms with E-state index in [2.05, 4.69) is 6.92 Å². The number of unbranched alkanes of at least 4 members (excludes halogenated alkanes) is 11. The fourth-order valence-corrected chi connectivity index (χ4v) is 2.62. The first kappa shape index (κ1) is 24.7. The van der Waals surface area contributed by atoms with Crippen molar-refractivity contribution < 1.29 is 19.1 Å². The molecule has 1 unspecified atom stereocenters. The Bertz CT molecular complexity index is 376. The molecule has 0 aromatic carbocycles. The van der Waals surface area contributed by atoms with E-state index >= 15 is 0 Å². The van der Waals surface area contributed by atoms with Crippen LogP contribution >= 0.6 is 0 Å². The van der Waals surface area contributed by atoms with Gasteiger partial charge in [-0.15, -0.1) is 0 Å². The molecule has 0 N–H and O–H groups in total. The lowest BCUT2D eigenvalue weighted by Crippen LogP contribution is -2.12. The monoisotopic (exact) mass is 368 g/mol. The van der Waals surface area contributed by atoms with Crippen LogP contribution in [0.1, 0.15) is 104 Å². The molecule has 0 bridgehead atoms. The molecule has 4 nitrogen and oxygen atoms in total. The van der Waals surface area contributed by atoms with E-state index in [1.54, 1.807) is 0 Å². The minimum Gasteiger partial charge on any atom is -0.463 e. The quantitative estimate of drug-likeness (QED) is 0.176. The second-order valence-electron chi connectivity index (χ2n) is 7.05.